The monoisotopic (exact) mass is 602 g/mol. The number of hydrogen-bond acceptors (Lipinski definition) is 4. The Labute approximate surface area is 235 Å². The van der Waals surface area contributed by atoms with Gasteiger partial charge in [-0.05, 0) is 82.4 Å². The average Bonchev–Trinajstić information content (AvgIpc) is 3.01. The molecule has 2 aromatic rings. The number of halogens is 8. The van der Waals surface area contributed by atoms with E-state index in [4.69, 9.17) is 37.2 Å². The molecule has 0 aliphatic carbocycles. The van der Waals surface area contributed by atoms with Crippen LogP contribution in [0.15, 0.2) is 42.5 Å². The second-order valence-electron chi connectivity index (χ2n) is 10.1. The number of ether oxygens (including phenoxy) is 2. The van der Waals surface area contributed by atoms with Gasteiger partial charge in [-0.3, -0.25) is 0 Å². The first-order chi connectivity index (χ1) is 17.7. The molecule has 2 aromatic carbocycles. The predicted molar refractivity (Wildman–Crippen MR) is 139 cm³/mol. The Morgan fingerprint density at radius 2 is 1.21 bits per heavy atom. The van der Waals surface area contributed by atoms with Crippen molar-refractivity contribution in [2.45, 2.75) is 90.5 Å². The summed E-state index contributed by atoms with van der Waals surface area (Å²) in [6, 6.07) is 11.5. The molecule has 1 aliphatic rings. The van der Waals surface area contributed by atoms with E-state index in [1.165, 1.54) is 0 Å². The minimum atomic E-state index is -4.40. The van der Waals surface area contributed by atoms with Crippen molar-refractivity contribution in [1.82, 2.24) is 0 Å². The topological polar surface area (TPSA) is 36.9 Å². The van der Waals surface area contributed by atoms with Gasteiger partial charge in [-0.15, -0.1) is 0 Å². The SMILES string of the molecule is C[C@@H](OCc1cc(Cl)cc(B2OC(C)(C)C(C)(C)O2)c1)C(F)(F)F.C[C@@H](OCc1cccc(Cl)c1)C(F)(F)F. The maximum absolute atomic E-state index is 12.5. The van der Waals surface area contributed by atoms with Crippen LogP contribution in [0, 0.1) is 0 Å². The van der Waals surface area contributed by atoms with Crippen molar-refractivity contribution < 1.29 is 45.1 Å². The van der Waals surface area contributed by atoms with Gasteiger partial charge in [0.15, 0.2) is 12.2 Å². The summed E-state index contributed by atoms with van der Waals surface area (Å²) >= 11 is 11.8. The van der Waals surface area contributed by atoms with Crippen LogP contribution in [0.2, 0.25) is 10.0 Å². The summed E-state index contributed by atoms with van der Waals surface area (Å²) in [5.41, 5.74) is 0.782. The maximum Gasteiger partial charge on any atom is 0.494 e. The average molecular weight is 603 g/mol. The lowest BCUT2D eigenvalue weighted by Crippen LogP contribution is -2.41. The molecular weight excluding hydrogens is 572 g/mol. The predicted octanol–water partition coefficient (Wildman–Crippen LogP) is 7.91. The standard InChI is InChI=1S/C16H21BClF3O3.C10H10ClF3O/c1-10(16(19,20)21)22-9-11-6-12(8-13(18)7-11)17-23-14(2,3)15(4,5)24-17;1-7(10(12,13)14)15-6-8-3-2-4-9(11)5-8/h6-8,10H,9H2,1-5H3;2-5,7H,6H2,1H3/t10-;7-/m11/s1. The van der Waals surface area contributed by atoms with Crippen molar-refractivity contribution in [3.63, 3.8) is 0 Å². The maximum atomic E-state index is 12.5. The molecule has 0 N–H and O–H groups in total. The first-order valence-corrected chi connectivity index (χ1v) is 12.7. The van der Waals surface area contributed by atoms with E-state index in [1.807, 2.05) is 27.7 Å². The second kappa shape index (κ2) is 13.0. The zero-order chi connectivity index (χ0) is 29.8. The van der Waals surface area contributed by atoms with Crippen LogP contribution in [0.1, 0.15) is 52.7 Å². The number of rotatable bonds is 7. The molecule has 1 heterocycles. The van der Waals surface area contributed by atoms with Crippen LogP contribution in [0.25, 0.3) is 0 Å². The first kappa shape index (κ1) is 33.7. The van der Waals surface area contributed by atoms with Crippen LogP contribution < -0.4 is 5.46 Å². The molecule has 13 heteroatoms. The van der Waals surface area contributed by atoms with Crippen molar-refractivity contribution in [3.05, 3.63) is 63.6 Å². The van der Waals surface area contributed by atoms with Crippen molar-refractivity contribution in [3.8, 4) is 0 Å². The lowest BCUT2D eigenvalue weighted by atomic mass is 9.78. The molecule has 0 aromatic heterocycles. The molecule has 0 unspecified atom stereocenters. The van der Waals surface area contributed by atoms with Crippen LogP contribution in [0.5, 0.6) is 0 Å². The summed E-state index contributed by atoms with van der Waals surface area (Å²) < 4.78 is 95.3. The van der Waals surface area contributed by atoms with Crippen molar-refractivity contribution in [1.29, 1.82) is 0 Å². The molecular formula is C26H31BCl2F6O4. The molecule has 0 bridgehead atoms. The Balaban J connectivity index is 0.000000306. The van der Waals surface area contributed by atoms with Crippen LogP contribution >= 0.6 is 23.2 Å². The zero-order valence-electron chi connectivity index (χ0n) is 22.3. The summed E-state index contributed by atoms with van der Waals surface area (Å²) in [6.07, 6.45) is -12.3. The third-order valence-corrected chi connectivity index (χ3v) is 6.77. The zero-order valence-corrected chi connectivity index (χ0v) is 23.9. The van der Waals surface area contributed by atoms with E-state index < -0.39 is 42.9 Å². The second-order valence-corrected chi connectivity index (χ2v) is 11.0. The van der Waals surface area contributed by atoms with E-state index in [0.29, 0.717) is 26.6 Å². The summed E-state index contributed by atoms with van der Waals surface area (Å²) in [5.74, 6) is 0. The lowest BCUT2D eigenvalue weighted by molar-refractivity contribution is -0.217. The summed E-state index contributed by atoms with van der Waals surface area (Å²) in [7, 11) is -0.632. The molecule has 1 saturated heterocycles. The minimum absolute atomic E-state index is 0.0960. The first-order valence-electron chi connectivity index (χ1n) is 12.0. The Hall–Kier alpha value is -1.50. The smallest absolute Gasteiger partial charge is 0.399 e. The molecule has 3 rings (SSSR count). The Bertz CT molecular complexity index is 1080. The van der Waals surface area contributed by atoms with E-state index in [9.17, 15) is 26.3 Å². The third-order valence-electron chi connectivity index (χ3n) is 6.32. The summed E-state index contributed by atoms with van der Waals surface area (Å²) in [5, 5.41) is 0.872. The molecule has 0 amide bonds. The van der Waals surface area contributed by atoms with Crippen LogP contribution in [0.4, 0.5) is 26.3 Å². The highest BCUT2D eigenvalue weighted by molar-refractivity contribution is 6.62. The van der Waals surface area contributed by atoms with Crippen molar-refractivity contribution >= 4 is 35.8 Å². The van der Waals surface area contributed by atoms with Gasteiger partial charge in [-0.25, -0.2) is 0 Å². The lowest BCUT2D eigenvalue weighted by Gasteiger charge is -2.32. The van der Waals surface area contributed by atoms with E-state index in [0.717, 1.165) is 13.8 Å². The van der Waals surface area contributed by atoms with Crippen LogP contribution in [-0.4, -0.2) is 42.9 Å². The Morgan fingerprint density at radius 1 is 0.744 bits per heavy atom. The van der Waals surface area contributed by atoms with E-state index in [1.54, 1.807) is 42.5 Å². The van der Waals surface area contributed by atoms with Gasteiger partial charge in [-0.1, -0.05) is 41.4 Å². The molecule has 0 radical (unpaired) electrons. The highest BCUT2D eigenvalue weighted by Gasteiger charge is 2.51. The van der Waals surface area contributed by atoms with E-state index in [-0.39, 0.29) is 13.2 Å². The molecule has 1 aliphatic heterocycles. The summed E-state index contributed by atoms with van der Waals surface area (Å²) in [6.45, 7) is 9.34. The van der Waals surface area contributed by atoms with Crippen LogP contribution in [-0.2, 0) is 32.0 Å². The van der Waals surface area contributed by atoms with Crippen LogP contribution in [0.3, 0.4) is 0 Å². The van der Waals surface area contributed by atoms with Crippen molar-refractivity contribution in [2.75, 3.05) is 0 Å². The van der Waals surface area contributed by atoms with Gasteiger partial charge >= 0.3 is 19.5 Å². The fourth-order valence-electron chi connectivity index (χ4n) is 3.13. The fraction of sp³-hybridized carbons (Fsp3) is 0.538. The highest BCUT2D eigenvalue weighted by Crippen LogP contribution is 2.36. The minimum Gasteiger partial charge on any atom is -0.399 e. The normalized spacial score (nSPS) is 18.4. The molecule has 39 heavy (non-hydrogen) atoms. The Kier molecular flexibility index (Phi) is 11.2. The van der Waals surface area contributed by atoms with Gasteiger partial charge in [0.25, 0.3) is 0 Å². The number of alkyl halides is 6. The molecule has 0 spiro atoms. The van der Waals surface area contributed by atoms with Gasteiger partial charge in [0.05, 0.1) is 24.4 Å². The number of hydrogen-bond donors (Lipinski definition) is 0. The fourth-order valence-corrected chi connectivity index (χ4v) is 3.61. The van der Waals surface area contributed by atoms with Gasteiger partial charge in [-0.2, -0.15) is 26.3 Å². The molecule has 2 atom stereocenters. The van der Waals surface area contributed by atoms with Gasteiger partial charge in [0.1, 0.15) is 0 Å². The van der Waals surface area contributed by atoms with Gasteiger partial charge in [0, 0.05) is 10.0 Å². The van der Waals surface area contributed by atoms with E-state index in [2.05, 4.69) is 4.74 Å². The third kappa shape index (κ3) is 10.1. The molecule has 4 nitrogen and oxygen atoms in total. The van der Waals surface area contributed by atoms with Crippen molar-refractivity contribution in [2.24, 2.45) is 0 Å². The van der Waals surface area contributed by atoms with Gasteiger partial charge < -0.3 is 18.8 Å². The Morgan fingerprint density at radius 3 is 1.67 bits per heavy atom. The summed E-state index contributed by atoms with van der Waals surface area (Å²) in [4.78, 5) is 0. The molecule has 0 saturated carbocycles. The highest BCUT2D eigenvalue weighted by atomic mass is 35.5. The largest absolute Gasteiger partial charge is 0.494 e. The quantitative estimate of drug-likeness (QED) is 0.238. The number of benzene rings is 2. The van der Waals surface area contributed by atoms with Gasteiger partial charge in [0.2, 0.25) is 0 Å². The molecule has 1 fully saturated rings. The van der Waals surface area contributed by atoms with E-state index >= 15 is 0 Å². The molecule has 218 valence electrons.